The van der Waals surface area contributed by atoms with Crippen LogP contribution in [0, 0.1) is 0 Å². The Hall–Kier alpha value is -1.86. The molecule has 1 amide bonds. The van der Waals surface area contributed by atoms with Gasteiger partial charge in [-0.05, 0) is 25.0 Å². The van der Waals surface area contributed by atoms with E-state index in [0.717, 1.165) is 24.2 Å². The van der Waals surface area contributed by atoms with Gasteiger partial charge in [0.25, 0.3) is 5.91 Å². The molecule has 7 heteroatoms. The third-order valence-corrected chi connectivity index (χ3v) is 4.93. The van der Waals surface area contributed by atoms with Crippen LogP contribution in [0.1, 0.15) is 38.7 Å². The second-order valence-electron chi connectivity index (χ2n) is 5.69. The van der Waals surface area contributed by atoms with E-state index in [-0.39, 0.29) is 24.8 Å². The molecule has 0 spiro atoms. The number of amides is 1. The third-order valence-electron chi connectivity index (χ3n) is 3.55. The third kappa shape index (κ3) is 5.57. The number of para-hydroxylation sites is 1. The lowest BCUT2D eigenvalue weighted by atomic mass is 10.2. The zero-order valence-electron chi connectivity index (χ0n) is 15.0. The molecule has 26 heavy (non-hydrogen) atoms. The number of nitrogens with zero attached hydrogens (tertiary/aromatic N) is 1. The molecule has 0 unspecified atom stereocenters. The van der Waals surface area contributed by atoms with Gasteiger partial charge in [-0.3, -0.25) is 14.5 Å². The largest absolute Gasteiger partial charge is 0.493 e. The summed E-state index contributed by atoms with van der Waals surface area (Å²) in [6, 6.07) is 7.58. The van der Waals surface area contributed by atoms with E-state index in [1.54, 1.807) is 6.08 Å². The van der Waals surface area contributed by atoms with Gasteiger partial charge in [0.05, 0.1) is 24.5 Å². The molecule has 1 aliphatic rings. The van der Waals surface area contributed by atoms with Crippen LogP contribution in [-0.2, 0) is 14.3 Å². The van der Waals surface area contributed by atoms with Crippen LogP contribution in [0.15, 0.2) is 29.2 Å². The summed E-state index contributed by atoms with van der Waals surface area (Å²) in [6.07, 6.45) is 3.61. The maximum Gasteiger partial charge on any atom is 0.307 e. The maximum absolute atomic E-state index is 12.6. The second kappa shape index (κ2) is 10.3. The summed E-state index contributed by atoms with van der Waals surface area (Å²) in [6.45, 7) is 5.22. The van der Waals surface area contributed by atoms with Gasteiger partial charge < -0.3 is 9.47 Å². The van der Waals surface area contributed by atoms with Crippen molar-refractivity contribution in [2.75, 3.05) is 19.8 Å². The number of benzene rings is 1. The van der Waals surface area contributed by atoms with E-state index in [0.29, 0.717) is 22.4 Å². The molecule has 0 atom stereocenters. The number of carbonyl (C=O) groups is 2. The van der Waals surface area contributed by atoms with Gasteiger partial charge in [-0.1, -0.05) is 56.0 Å². The van der Waals surface area contributed by atoms with Gasteiger partial charge in [0.1, 0.15) is 10.1 Å². The predicted octanol–water partition coefficient (Wildman–Crippen LogP) is 4.02. The zero-order valence-corrected chi connectivity index (χ0v) is 16.7. The van der Waals surface area contributed by atoms with Crippen molar-refractivity contribution in [1.29, 1.82) is 0 Å². The highest BCUT2D eigenvalue weighted by molar-refractivity contribution is 8.26. The highest BCUT2D eigenvalue weighted by Gasteiger charge is 2.32. The van der Waals surface area contributed by atoms with Gasteiger partial charge in [-0.15, -0.1) is 0 Å². The molecule has 0 bridgehead atoms. The number of hydrogen-bond donors (Lipinski definition) is 0. The lowest BCUT2D eigenvalue weighted by Gasteiger charge is -2.13. The average Bonchev–Trinajstić information content (AvgIpc) is 2.90. The summed E-state index contributed by atoms with van der Waals surface area (Å²) in [5.41, 5.74) is 0.837. The van der Waals surface area contributed by atoms with Crippen molar-refractivity contribution in [3.8, 4) is 5.75 Å². The minimum absolute atomic E-state index is 0.135. The summed E-state index contributed by atoms with van der Waals surface area (Å²) >= 11 is 6.54. The SMILES string of the molecule is CCCOC(=O)CCN1C(=O)/C(=C\c2ccccc2OCCC)SC1=S. The first-order valence-electron chi connectivity index (χ1n) is 8.69. The van der Waals surface area contributed by atoms with Crippen molar-refractivity contribution in [3.63, 3.8) is 0 Å². The minimum atomic E-state index is -0.316. The molecule has 0 radical (unpaired) electrons. The number of carbonyl (C=O) groups excluding carboxylic acids is 2. The van der Waals surface area contributed by atoms with Crippen molar-refractivity contribution in [3.05, 3.63) is 34.7 Å². The Balaban J connectivity index is 2.06. The van der Waals surface area contributed by atoms with Gasteiger partial charge >= 0.3 is 5.97 Å². The first-order chi connectivity index (χ1) is 12.6. The highest BCUT2D eigenvalue weighted by Crippen LogP contribution is 2.34. The summed E-state index contributed by atoms with van der Waals surface area (Å²) in [4.78, 5) is 26.3. The predicted molar refractivity (Wildman–Crippen MR) is 108 cm³/mol. The number of ether oxygens (including phenoxy) is 2. The Morgan fingerprint density at radius 3 is 2.69 bits per heavy atom. The number of rotatable bonds is 9. The maximum atomic E-state index is 12.6. The lowest BCUT2D eigenvalue weighted by molar-refractivity contribution is -0.143. The van der Waals surface area contributed by atoms with Crippen LogP contribution >= 0.6 is 24.0 Å². The smallest absolute Gasteiger partial charge is 0.307 e. The van der Waals surface area contributed by atoms with Crippen molar-refractivity contribution in [1.82, 2.24) is 4.90 Å². The Morgan fingerprint density at radius 1 is 1.23 bits per heavy atom. The molecule has 1 saturated heterocycles. The second-order valence-corrected chi connectivity index (χ2v) is 7.37. The van der Waals surface area contributed by atoms with Crippen LogP contribution in [0.3, 0.4) is 0 Å². The Bertz CT molecular complexity index is 703. The van der Waals surface area contributed by atoms with E-state index < -0.39 is 0 Å². The van der Waals surface area contributed by atoms with Crippen LogP contribution in [0.25, 0.3) is 6.08 Å². The van der Waals surface area contributed by atoms with E-state index >= 15 is 0 Å². The summed E-state index contributed by atoms with van der Waals surface area (Å²) < 4.78 is 11.2. The van der Waals surface area contributed by atoms with Gasteiger partial charge in [0.2, 0.25) is 0 Å². The Kier molecular flexibility index (Phi) is 8.12. The summed E-state index contributed by atoms with van der Waals surface area (Å²) in [5.74, 6) is 0.236. The van der Waals surface area contributed by atoms with Crippen molar-refractivity contribution >= 4 is 46.3 Å². The topological polar surface area (TPSA) is 55.8 Å². The van der Waals surface area contributed by atoms with Gasteiger partial charge in [0.15, 0.2) is 0 Å². The normalized spacial score (nSPS) is 15.6. The van der Waals surface area contributed by atoms with E-state index in [2.05, 4.69) is 0 Å². The van der Waals surface area contributed by atoms with Gasteiger partial charge in [-0.2, -0.15) is 0 Å². The van der Waals surface area contributed by atoms with Crippen molar-refractivity contribution in [2.24, 2.45) is 0 Å². The molecular weight excluding hydrogens is 370 g/mol. The van der Waals surface area contributed by atoms with Crippen molar-refractivity contribution < 1.29 is 19.1 Å². The van der Waals surface area contributed by atoms with Crippen LogP contribution in [0.5, 0.6) is 5.75 Å². The first-order valence-corrected chi connectivity index (χ1v) is 9.92. The molecule has 1 heterocycles. The molecule has 1 aliphatic heterocycles. The Morgan fingerprint density at radius 2 is 1.96 bits per heavy atom. The first kappa shape index (κ1) is 20.5. The van der Waals surface area contributed by atoms with E-state index in [9.17, 15) is 9.59 Å². The molecular formula is C19H23NO4S2. The van der Waals surface area contributed by atoms with E-state index in [1.807, 2.05) is 38.1 Å². The number of thioether (sulfide) groups is 1. The number of thiocarbonyl (C=S) groups is 1. The molecule has 0 aromatic heterocycles. The van der Waals surface area contributed by atoms with Crippen LogP contribution < -0.4 is 4.74 Å². The molecule has 1 fully saturated rings. The summed E-state index contributed by atoms with van der Waals surface area (Å²) in [7, 11) is 0. The number of hydrogen-bond acceptors (Lipinski definition) is 6. The molecule has 2 rings (SSSR count). The highest BCUT2D eigenvalue weighted by atomic mass is 32.2. The fraction of sp³-hybridized carbons (Fsp3) is 0.421. The minimum Gasteiger partial charge on any atom is -0.493 e. The Labute approximate surface area is 163 Å². The van der Waals surface area contributed by atoms with Crippen LogP contribution in [-0.4, -0.2) is 40.9 Å². The molecule has 0 N–H and O–H groups in total. The molecule has 0 aliphatic carbocycles. The molecule has 140 valence electrons. The number of esters is 1. The standard InChI is InChI=1S/C19H23NO4S2/c1-3-11-23-15-8-6-5-7-14(15)13-16-18(22)20(19(25)26-16)10-9-17(21)24-12-4-2/h5-8,13H,3-4,9-12H2,1-2H3/b16-13+. The fourth-order valence-electron chi connectivity index (χ4n) is 2.27. The molecule has 5 nitrogen and oxygen atoms in total. The molecule has 0 saturated carbocycles. The monoisotopic (exact) mass is 393 g/mol. The summed E-state index contributed by atoms with van der Waals surface area (Å²) in [5, 5.41) is 0. The van der Waals surface area contributed by atoms with Crippen LogP contribution in [0.2, 0.25) is 0 Å². The molecule has 1 aromatic carbocycles. The van der Waals surface area contributed by atoms with E-state index in [4.69, 9.17) is 21.7 Å². The van der Waals surface area contributed by atoms with Gasteiger partial charge in [-0.25, -0.2) is 0 Å². The zero-order chi connectivity index (χ0) is 18.9. The average molecular weight is 394 g/mol. The van der Waals surface area contributed by atoms with Crippen LogP contribution in [0.4, 0.5) is 0 Å². The van der Waals surface area contributed by atoms with E-state index in [1.165, 1.54) is 16.7 Å². The quantitative estimate of drug-likeness (QED) is 0.359. The van der Waals surface area contributed by atoms with Crippen molar-refractivity contribution in [2.45, 2.75) is 33.1 Å². The fourth-order valence-corrected chi connectivity index (χ4v) is 3.57. The molecule has 1 aromatic rings. The van der Waals surface area contributed by atoms with Gasteiger partial charge in [0, 0.05) is 12.1 Å². The lowest BCUT2D eigenvalue weighted by Crippen LogP contribution is -2.30.